The van der Waals surface area contributed by atoms with Crippen LogP contribution in [0.4, 0.5) is 23.7 Å². The number of carbonyl (C=O) groups is 1. The van der Waals surface area contributed by atoms with E-state index in [9.17, 15) is 18.0 Å². The molecule has 1 saturated heterocycles. The molecule has 0 aliphatic carbocycles. The molecule has 2 aromatic rings. The Labute approximate surface area is 205 Å². The fourth-order valence-electron chi connectivity index (χ4n) is 4.20. The third-order valence-electron chi connectivity index (χ3n) is 6.29. The molecule has 192 valence electrons. The van der Waals surface area contributed by atoms with E-state index in [0.29, 0.717) is 18.3 Å². The van der Waals surface area contributed by atoms with E-state index >= 15 is 0 Å². The predicted octanol–water partition coefficient (Wildman–Crippen LogP) is 5.33. The van der Waals surface area contributed by atoms with Crippen LogP contribution in [0, 0.1) is 5.41 Å². The van der Waals surface area contributed by atoms with Crippen LogP contribution >= 0.6 is 0 Å². The van der Waals surface area contributed by atoms with Crippen molar-refractivity contribution in [3.8, 4) is 5.75 Å². The second kappa shape index (κ2) is 11.3. The summed E-state index contributed by atoms with van der Waals surface area (Å²) < 4.78 is 40.9. The van der Waals surface area contributed by atoms with Crippen LogP contribution in [0.15, 0.2) is 54.6 Å². The molecule has 1 heterocycles. The number of nitrogens with zero attached hydrogens (tertiary/aromatic N) is 2. The number of halogens is 3. The monoisotopic (exact) mass is 492 g/mol. The first kappa shape index (κ1) is 26.8. The first-order valence-corrected chi connectivity index (χ1v) is 11.8. The Morgan fingerprint density at radius 3 is 2.37 bits per heavy atom. The molecule has 3 rings (SSSR count). The molecule has 1 fully saturated rings. The van der Waals surface area contributed by atoms with Gasteiger partial charge < -0.3 is 20.3 Å². The van der Waals surface area contributed by atoms with Crippen LogP contribution < -0.4 is 15.4 Å². The molecule has 2 aromatic carbocycles. The van der Waals surface area contributed by atoms with Crippen molar-refractivity contribution in [1.82, 2.24) is 15.1 Å². The number of amides is 2. The van der Waals surface area contributed by atoms with E-state index < -0.39 is 12.4 Å². The molecule has 0 bridgehead atoms. The summed E-state index contributed by atoms with van der Waals surface area (Å²) in [6.45, 7) is 9.84. The summed E-state index contributed by atoms with van der Waals surface area (Å²) in [6.07, 6.45) is -3.69. The summed E-state index contributed by atoms with van der Waals surface area (Å²) in [6, 6.07) is 15.4. The van der Waals surface area contributed by atoms with Gasteiger partial charge in [-0.1, -0.05) is 51.1 Å². The zero-order valence-electron chi connectivity index (χ0n) is 20.7. The minimum Gasteiger partial charge on any atom is -0.406 e. The van der Waals surface area contributed by atoms with Gasteiger partial charge in [-0.2, -0.15) is 0 Å². The minimum atomic E-state index is -4.75. The quantitative estimate of drug-likeness (QED) is 0.523. The van der Waals surface area contributed by atoms with Crippen LogP contribution in [-0.2, 0) is 6.54 Å². The second-order valence-electron chi connectivity index (χ2n) is 10.2. The maximum Gasteiger partial charge on any atom is 0.573 e. The van der Waals surface area contributed by atoms with Crippen LogP contribution in [0.1, 0.15) is 32.8 Å². The van der Waals surface area contributed by atoms with Crippen molar-refractivity contribution in [2.45, 2.75) is 52.2 Å². The van der Waals surface area contributed by atoms with Gasteiger partial charge in [-0.25, -0.2) is 4.79 Å². The van der Waals surface area contributed by atoms with E-state index in [4.69, 9.17) is 0 Å². The maximum atomic E-state index is 12.7. The van der Waals surface area contributed by atoms with E-state index in [1.54, 1.807) is 0 Å². The predicted molar refractivity (Wildman–Crippen MR) is 131 cm³/mol. The van der Waals surface area contributed by atoms with Crippen molar-refractivity contribution >= 4 is 11.7 Å². The van der Waals surface area contributed by atoms with Crippen molar-refractivity contribution < 1.29 is 22.7 Å². The minimum absolute atomic E-state index is 0.136. The molecule has 0 aromatic heterocycles. The van der Waals surface area contributed by atoms with Crippen LogP contribution in [0.3, 0.4) is 0 Å². The Bertz CT molecular complexity index is 946. The van der Waals surface area contributed by atoms with Crippen LogP contribution in [0.2, 0.25) is 0 Å². The number of rotatable bonds is 8. The average Bonchev–Trinajstić information content (AvgIpc) is 3.22. The number of hydrogen-bond donors (Lipinski definition) is 2. The summed E-state index contributed by atoms with van der Waals surface area (Å²) in [5, 5.41) is 5.75. The van der Waals surface area contributed by atoms with Crippen LogP contribution in [0.25, 0.3) is 0 Å². The summed E-state index contributed by atoms with van der Waals surface area (Å²) in [7, 11) is 2.09. The third kappa shape index (κ3) is 8.74. The molecule has 35 heavy (non-hydrogen) atoms. The Hall–Kier alpha value is -2.78. The van der Waals surface area contributed by atoms with Crippen molar-refractivity contribution in [3.63, 3.8) is 0 Å². The van der Waals surface area contributed by atoms with Gasteiger partial charge >= 0.3 is 12.4 Å². The summed E-state index contributed by atoms with van der Waals surface area (Å²) >= 11 is 0. The highest BCUT2D eigenvalue weighted by atomic mass is 19.4. The molecule has 1 aliphatic rings. The lowest BCUT2D eigenvalue weighted by molar-refractivity contribution is -0.274. The highest BCUT2D eigenvalue weighted by Crippen LogP contribution is 2.25. The number of benzene rings is 2. The lowest BCUT2D eigenvalue weighted by Gasteiger charge is -2.36. The Balaban J connectivity index is 1.53. The van der Waals surface area contributed by atoms with Crippen molar-refractivity contribution in [3.05, 3.63) is 60.2 Å². The van der Waals surface area contributed by atoms with Crippen LogP contribution in [-0.4, -0.2) is 61.0 Å². The molecule has 0 radical (unpaired) electrons. The highest BCUT2D eigenvalue weighted by Gasteiger charge is 2.32. The van der Waals surface area contributed by atoms with Gasteiger partial charge in [0.2, 0.25) is 0 Å². The molecule has 2 amide bonds. The van der Waals surface area contributed by atoms with Gasteiger partial charge in [-0.05, 0) is 48.7 Å². The zero-order chi connectivity index (χ0) is 25.6. The SMILES string of the molecule is CN(C[C@@H](NC(=O)Nc1ccc(OC(F)(F)F)cc1)C(C)(C)C)[C@H]1CCN(Cc2ccccc2)C1. The van der Waals surface area contributed by atoms with E-state index in [-0.39, 0.29) is 17.2 Å². The molecular formula is C26H35F3N4O2. The van der Waals surface area contributed by atoms with Gasteiger partial charge in [0.1, 0.15) is 5.75 Å². The largest absolute Gasteiger partial charge is 0.573 e. The van der Waals surface area contributed by atoms with Crippen LogP contribution in [0.5, 0.6) is 5.75 Å². The number of anilines is 1. The lowest BCUT2D eigenvalue weighted by Crippen LogP contribution is -2.53. The maximum absolute atomic E-state index is 12.7. The first-order chi connectivity index (χ1) is 16.4. The second-order valence-corrected chi connectivity index (χ2v) is 10.2. The Morgan fingerprint density at radius 1 is 1.11 bits per heavy atom. The molecule has 0 spiro atoms. The van der Waals surface area contributed by atoms with Gasteiger partial charge in [0, 0.05) is 44.0 Å². The number of likely N-dealkylation sites (N-methyl/N-ethyl adjacent to an activating group) is 1. The van der Waals surface area contributed by atoms with E-state index in [1.165, 1.54) is 29.8 Å². The molecule has 0 saturated carbocycles. The molecule has 1 aliphatic heterocycles. The summed E-state index contributed by atoms with van der Waals surface area (Å²) in [5.41, 5.74) is 1.49. The van der Waals surface area contributed by atoms with Crippen molar-refractivity contribution in [1.29, 1.82) is 0 Å². The fraction of sp³-hybridized carbons (Fsp3) is 0.500. The van der Waals surface area contributed by atoms with Gasteiger partial charge in [0.15, 0.2) is 0 Å². The fourth-order valence-corrected chi connectivity index (χ4v) is 4.20. The Morgan fingerprint density at radius 2 is 1.77 bits per heavy atom. The first-order valence-electron chi connectivity index (χ1n) is 11.8. The average molecular weight is 493 g/mol. The number of likely N-dealkylation sites (tertiary alicyclic amines) is 1. The van der Waals surface area contributed by atoms with E-state index in [0.717, 1.165) is 26.1 Å². The molecule has 9 heteroatoms. The number of urea groups is 1. The molecule has 0 unspecified atom stereocenters. The number of ether oxygens (including phenoxy) is 1. The van der Waals surface area contributed by atoms with Crippen molar-refractivity contribution in [2.24, 2.45) is 5.41 Å². The molecule has 6 nitrogen and oxygen atoms in total. The van der Waals surface area contributed by atoms with Gasteiger partial charge in [-0.3, -0.25) is 4.90 Å². The van der Waals surface area contributed by atoms with Gasteiger partial charge in [-0.15, -0.1) is 13.2 Å². The standard InChI is InChI=1S/C26H35F3N4O2/c1-25(2,3)23(31-24(34)30-20-10-12-22(13-11-20)35-26(27,28)29)18-32(4)21-14-15-33(17-21)16-19-8-6-5-7-9-19/h5-13,21,23H,14-18H2,1-4H3,(H2,30,31,34)/t21-,23+/m0/s1. The zero-order valence-corrected chi connectivity index (χ0v) is 20.7. The number of carbonyl (C=O) groups excluding carboxylic acids is 1. The van der Waals surface area contributed by atoms with E-state index in [1.807, 2.05) is 6.07 Å². The van der Waals surface area contributed by atoms with Gasteiger partial charge in [0.25, 0.3) is 0 Å². The topological polar surface area (TPSA) is 56.8 Å². The number of nitrogens with one attached hydrogen (secondary N) is 2. The summed E-state index contributed by atoms with van der Waals surface area (Å²) in [4.78, 5) is 17.4. The molecular weight excluding hydrogens is 457 g/mol. The molecule has 2 atom stereocenters. The number of hydrogen-bond acceptors (Lipinski definition) is 4. The third-order valence-corrected chi connectivity index (χ3v) is 6.29. The number of alkyl halides is 3. The molecule has 2 N–H and O–H groups in total. The lowest BCUT2D eigenvalue weighted by atomic mass is 9.86. The normalized spacial score (nSPS) is 17.9. The summed E-state index contributed by atoms with van der Waals surface area (Å²) in [5.74, 6) is -0.337. The highest BCUT2D eigenvalue weighted by molar-refractivity contribution is 5.89. The Kier molecular flexibility index (Phi) is 8.66. The van der Waals surface area contributed by atoms with Crippen molar-refractivity contribution in [2.75, 3.05) is 32.0 Å². The van der Waals surface area contributed by atoms with E-state index in [2.05, 4.69) is 77.3 Å². The van der Waals surface area contributed by atoms with Gasteiger partial charge in [0.05, 0.1) is 0 Å². The smallest absolute Gasteiger partial charge is 0.406 e.